The van der Waals surface area contributed by atoms with E-state index >= 15 is 0 Å². The molecule has 0 unspecified atom stereocenters. The van der Waals surface area contributed by atoms with Gasteiger partial charge < -0.3 is 5.32 Å². The summed E-state index contributed by atoms with van der Waals surface area (Å²) < 4.78 is 0. The van der Waals surface area contributed by atoms with Gasteiger partial charge >= 0.3 is 0 Å². The number of thiophene rings is 1. The second kappa shape index (κ2) is 5.09. The normalized spacial score (nSPS) is 10.7. The largest absolute Gasteiger partial charge is 0.311 e. The molecule has 0 radical (unpaired) electrons. The van der Waals surface area contributed by atoms with E-state index in [9.17, 15) is 0 Å². The van der Waals surface area contributed by atoms with Crippen molar-refractivity contribution in [1.82, 2.24) is 15.5 Å². The predicted molar refractivity (Wildman–Crippen MR) is 63.1 cm³/mol. The van der Waals surface area contributed by atoms with Crippen molar-refractivity contribution >= 4 is 11.3 Å². The number of aromatic amines is 1. The fourth-order valence-electron chi connectivity index (χ4n) is 1.47. The van der Waals surface area contributed by atoms with Crippen LogP contribution in [0.4, 0.5) is 0 Å². The highest BCUT2D eigenvalue weighted by atomic mass is 32.1. The van der Waals surface area contributed by atoms with Gasteiger partial charge in [0, 0.05) is 29.9 Å². The highest BCUT2D eigenvalue weighted by Crippen LogP contribution is 2.15. The molecule has 0 amide bonds. The summed E-state index contributed by atoms with van der Waals surface area (Å²) in [5.74, 6) is 0. The van der Waals surface area contributed by atoms with Crippen molar-refractivity contribution in [2.45, 2.75) is 19.9 Å². The van der Waals surface area contributed by atoms with Crippen LogP contribution in [0.25, 0.3) is 0 Å². The average molecular weight is 221 g/mol. The Labute approximate surface area is 93.5 Å². The Kier molecular flexibility index (Phi) is 3.53. The SMILES string of the molecule is Cc1ccsc1CCNCc1ccn[nH]1. The first-order chi connectivity index (χ1) is 7.36. The molecule has 0 saturated carbocycles. The number of hydrogen-bond donors (Lipinski definition) is 2. The first-order valence-corrected chi connectivity index (χ1v) is 5.96. The number of aromatic nitrogens is 2. The van der Waals surface area contributed by atoms with Crippen LogP contribution >= 0.6 is 11.3 Å². The minimum absolute atomic E-state index is 0.865. The van der Waals surface area contributed by atoms with Crippen LogP contribution in [0.1, 0.15) is 16.1 Å². The van der Waals surface area contributed by atoms with E-state index in [2.05, 4.69) is 33.9 Å². The third kappa shape index (κ3) is 2.91. The lowest BCUT2D eigenvalue weighted by Gasteiger charge is -2.02. The molecule has 3 nitrogen and oxygen atoms in total. The highest BCUT2D eigenvalue weighted by Gasteiger charge is 1.99. The molecular weight excluding hydrogens is 206 g/mol. The zero-order valence-electron chi connectivity index (χ0n) is 8.79. The van der Waals surface area contributed by atoms with Crippen LogP contribution in [-0.4, -0.2) is 16.7 Å². The van der Waals surface area contributed by atoms with Crippen LogP contribution in [0.3, 0.4) is 0 Å². The summed E-state index contributed by atoms with van der Waals surface area (Å²) in [4.78, 5) is 1.48. The third-order valence-corrected chi connectivity index (χ3v) is 3.45. The van der Waals surface area contributed by atoms with Crippen molar-refractivity contribution in [2.75, 3.05) is 6.54 Å². The van der Waals surface area contributed by atoms with Gasteiger partial charge in [0.2, 0.25) is 0 Å². The Bertz CT molecular complexity index is 392. The number of aryl methyl sites for hydroxylation is 1. The van der Waals surface area contributed by atoms with E-state index in [-0.39, 0.29) is 0 Å². The van der Waals surface area contributed by atoms with Crippen LogP contribution in [-0.2, 0) is 13.0 Å². The Morgan fingerprint density at radius 2 is 2.40 bits per heavy atom. The molecule has 0 saturated heterocycles. The molecule has 4 heteroatoms. The van der Waals surface area contributed by atoms with E-state index in [1.165, 1.54) is 10.4 Å². The van der Waals surface area contributed by atoms with Crippen molar-refractivity contribution in [3.8, 4) is 0 Å². The number of hydrogen-bond acceptors (Lipinski definition) is 3. The van der Waals surface area contributed by atoms with Gasteiger partial charge in [0.1, 0.15) is 0 Å². The van der Waals surface area contributed by atoms with Crippen molar-refractivity contribution in [1.29, 1.82) is 0 Å². The van der Waals surface area contributed by atoms with E-state index in [0.29, 0.717) is 0 Å². The molecule has 0 aliphatic heterocycles. The molecule has 0 bridgehead atoms. The van der Waals surface area contributed by atoms with E-state index in [4.69, 9.17) is 0 Å². The van der Waals surface area contributed by atoms with Gasteiger partial charge in [-0.05, 0) is 36.4 Å². The Balaban J connectivity index is 1.70. The minimum Gasteiger partial charge on any atom is -0.311 e. The number of rotatable bonds is 5. The lowest BCUT2D eigenvalue weighted by molar-refractivity contribution is 0.675. The third-order valence-electron chi connectivity index (χ3n) is 2.37. The summed E-state index contributed by atoms with van der Waals surface area (Å²) in [7, 11) is 0. The number of nitrogens with zero attached hydrogens (tertiary/aromatic N) is 1. The van der Waals surface area contributed by atoms with E-state index in [1.807, 2.05) is 17.4 Å². The molecule has 2 heterocycles. The van der Waals surface area contributed by atoms with Gasteiger partial charge in [-0.25, -0.2) is 0 Å². The molecule has 0 spiro atoms. The fraction of sp³-hybridized carbons (Fsp3) is 0.364. The second-order valence-corrected chi connectivity index (χ2v) is 4.54. The molecule has 0 atom stereocenters. The molecule has 0 aliphatic rings. The Morgan fingerprint density at radius 1 is 1.47 bits per heavy atom. The van der Waals surface area contributed by atoms with Crippen LogP contribution in [0.5, 0.6) is 0 Å². The topological polar surface area (TPSA) is 40.7 Å². The molecular formula is C11H15N3S. The van der Waals surface area contributed by atoms with Crippen molar-refractivity contribution in [3.05, 3.63) is 39.8 Å². The Morgan fingerprint density at radius 3 is 3.07 bits per heavy atom. The lowest BCUT2D eigenvalue weighted by Crippen LogP contribution is -2.16. The molecule has 0 aromatic carbocycles. The van der Waals surface area contributed by atoms with Crippen LogP contribution in [0.2, 0.25) is 0 Å². The number of H-pyrrole nitrogens is 1. The smallest absolute Gasteiger partial charge is 0.0490 e. The zero-order valence-corrected chi connectivity index (χ0v) is 9.60. The fourth-order valence-corrected chi connectivity index (χ4v) is 2.38. The quantitative estimate of drug-likeness (QED) is 0.759. The van der Waals surface area contributed by atoms with Gasteiger partial charge in [-0.2, -0.15) is 5.10 Å². The molecule has 2 rings (SSSR count). The summed E-state index contributed by atoms with van der Waals surface area (Å²) in [6.45, 7) is 4.05. The van der Waals surface area contributed by atoms with Crippen molar-refractivity contribution < 1.29 is 0 Å². The second-order valence-electron chi connectivity index (χ2n) is 3.54. The van der Waals surface area contributed by atoms with Crippen LogP contribution < -0.4 is 5.32 Å². The van der Waals surface area contributed by atoms with Crippen LogP contribution in [0.15, 0.2) is 23.7 Å². The average Bonchev–Trinajstić information content (AvgIpc) is 2.85. The first kappa shape index (κ1) is 10.4. The molecule has 15 heavy (non-hydrogen) atoms. The summed E-state index contributed by atoms with van der Waals surface area (Å²) >= 11 is 1.84. The molecule has 80 valence electrons. The summed E-state index contributed by atoms with van der Waals surface area (Å²) in [5.41, 5.74) is 2.54. The summed E-state index contributed by atoms with van der Waals surface area (Å²) in [5, 5.41) is 12.4. The highest BCUT2D eigenvalue weighted by molar-refractivity contribution is 7.10. The predicted octanol–water partition coefficient (Wildman–Crippen LogP) is 2.11. The molecule has 0 fully saturated rings. The number of nitrogens with one attached hydrogen (secondary N) is 2. The van der Waals surface area contributed by atoms with E-state index < -0.39 is 0 Å². The minimum atomic E-state index is 0.865. The van der Waals surface area contributed by atoms with Crippen molar-refractivity contribution in [3.63, 3.8) is 0 Å². The van der Waals surface area contributed by atoms with Crippen LogP contribution in [0, 0.1) is 6.92 Å². The Hall–Kier alpha value is -1.13. The zero-order chi connectivity index (χ0) is 10.5. The van der Waals surface area contributed by atoms with Gasteiger partial charge in [0.15, 0.2) is 0 Å². The van der Waals surface area contributed by atoms with E-state index in [1.54, 1.807) is 6.20 Å². The van der Waals surface area contributed by atoms with E-state index in [0.717, 1.165) is 25.2 Å². The first-order valence-electron chi connectivity index (χ1n) is 5.08. The standard InChI is InChI=1S/C11H15N3S/c1-9-4-7-15-11(9)3-5-12-8-10-2-6-13-14-10/h2,4,6-7,12H,3,5,8H2,1H3,(H,13,14). The molecule has 2 N–H and O–H groups in total. The molecule has 2 aromatic rings. The summed E-state index contributed by atoms with van der Waals surface area (Å²) in [6, 6.07) is 4.16. The van der Waals surface area contributed by atoms with Gasteiger partial charge in [-0.1, -0.05) is 0 Å². The van der Waals surface area contributed by atoms with Gasteiger partial charge in [0.05, 0.1) is 0 Å². The monoisotopic (exact) mass is 221 g/mol. The maximum atomic E-state index is 3.90. The maximum absolute atomic E-state index is 3.90. The van der Waals surface area contributed by atoms with Crippen molar-refractivity contribution in [2.24, 2.45) is 0 Å². The maximum Gasteiger partial charge on any atom is 0.0490 e. The van der Waals surface area contributed by atoms with Gasteiger partial charge in [0.25, 0.3) is 0 Å². The van der Waals surface area contributed by atoms with Gasteiger partial charge in [-0.15, -0.1) is 11.3 Å². The summed E-state index contributed by atoms with van der Waals surface area (Å²) in [6.07, 6.45) is 2.89. The lowest BCUT2D eigenvalue weighted by atomic mass is 10.2. The molecule has 0 aliphatic carbocycles. The van der Waals surface area contributed by atoms with Gasteiger partial charge in [-0.3, -0.25) is 5.10 Å². The molecule has 2 aromatic heterocycles.